The van der Waals surface area contributed by atoms with Crippen LogP contribution in [0, 0.1) is 6.92 Å². The van der Waals surface area contributed by atoms with Crippen molar-refractivity contribution < 1.29 is 28.9 Å². The van der Waals surface area contributed by atoms with E-state index in [0.29, 0.717) is 22.0 Å². The van der Waals surface area contributed by atoms with Crippen molar-refractivity contribution in [1.82, 2.24) is 0 Å². The molecule has 2 aromatic rings. The standard InChI is InChI=1S/C23H19NO6S/c1-3-28-23(27)19-20(25)18(11-14-6-9-16-17(10-14)30-12-29-16)31-22(19)24-21(26)15-7-4-13(2)5-8-15/h4-11,25H,3,12H2,1-2H3/b18-11-,24-22?. The second-order valence-electron chi connectivity index (χ2n) is 6.76. The smallest absolute Gasteiger partial charge is 0.344 e. The zero-order valence-electron chi connectivity index (χ0n) is 16.9. The quantitative estimate of drug-likeness (QED) is 0.707. The number of ether oxygens (including phenoxy) is 3. The molecule has 0 unspecified atom stereocenters. The number of carbonyl (C=O) groups is 2. The minimum absolute atomic E-state index is 0.0912. The Morgan fingerprint density at radius 2 is 1.90 bits per heavy atom. The summed E-state index contributed by atoms with van der Waals surface area (Å²) in [4.78, 5) is 29.6. The SMILES string of the molecule is CCOC(=O)C1=C(O)/C(=C/c2ccc3c(c2)OCO3)SC1=NC(=O)c1ccc(C)cc1. The number of hydrogen-bond acceptors (Lipinski definition) is 7. The van der Waals surface area contributed by atoms with Crippen molar-refractivity contribution in [3.63, 3.8) is 0 Å². The summed E-state index contributed by atoms with van der Waals surface area (Å²) in [7, 11) is 0. The summed E-state index contributed by atoms with van der Waals surface area (Å²) in [6.07, 6.45) is 1.68. The fourth-order valence-electron chi connectivity index (χ4n) is 3.00. The van der Waals surface area contributed by atoms with Crippen LogP contribution in [0.15, 0.2) is 63.7 Å². The van der Waals surface area contributed by atoms with Gasteiger partial charge in [-0.1, -0.05) is 35.5 Å². The maximum Gasteiger partial charge on any atom is 0.344 e. The molecule has 0 aliphatic carbocycles. The monoisotopic (exact) mass is 437 g/mol. The van der Waals surface area contributed by atoms with E-state index in [2.05, 4.69) is 4.99 Å². The second-order valence-corrected chi connectivity index (χ2v) is 7.79. The number of carbonyl (C=O) groups excluding carboxylic acids is 2. The summed E-state index contributed by atoms with van der Waals surface area (Å²) in [6, 6.07) is 12.3. The number of rotatable bonds is 4. The zero-order chi connectivity index (χ0) is 22.0. The summed E-state index contributed by atoms with van der Waals surface area (Å²) >= 11 is 1.03. The molecule has 158 valence electrons. The minimum Gasteiger partial charge on any atom is -0.506 e. The molecule has 0 saturated carbocycles. The summed E-state index contributed by atoms with van der Waals surface area (Å²) in [5.74, 6) is -0.302. The van der Waals surface area contributed by atoms with Gasteiger partial charge in [-0.05, 0) is 49.8 Å². The molecule has 1 amide bonds. The van der Waals surface area contributed by atoms with Gasteiger partial charge in [-0.3, -0.25) is 4.79 Å². The minimum atomic E-state index is -0.739. The molecule has 4 rings (SSSR count). The molecular formula is C23H19NO6S. The lowest BCUT2D eigenvalue weighted by Gasteiger charge is -2.03. The largest absolute Gasteiger partial charge is 0.506 e. The first-order valence-corrected chi connectivity index (χ1v) is 10.4. The van der Waals surface area contributed by atoms with Crippen LogP contribution >= 0.6 is 11.8 Å². The maximum atomic E-state index is 12.6. The van der Waals surface area contributed by atoms with Gasteiger partial charge in [0.2, 0.25) is 6.79 Å². The third-order valence-corrected chi connectivity index (χ3v) is 5.59. The molecule has 0 radical (unpaired) electrons. The van der Waals surface area contributed by atoms with E-state index >= 15 is 0 Å². The van der Waals surface area contributed by atoms with Gasteiger partial charge in [0.15, 0.2) is 11.5 Å². The normalized spacial score (nSPS) is 17.5. The Bertz CT molecular complexity index is 1150. The Kier molecular flexibility index (Phi) is 5.81. The van der Waals surface area contributed by atoms with Crippen LogP contribution < -0.4 is 9.47 Å². The average molecular weight is 437 g/mol. The van der Waals surface area contributed by atoms with E-state index in [1.807, 2.05) is 6.92 Å². The van der Waals surface area contributed by atoms with E-state index in [1.54, 1.807) is 55.5 Å². The number of thioether (sulfide) groups is 1. The van der Waals surface area contributed by atoms with E-state index < -0.39 is 11.9 Å². The van der Waals surface area contributed by atoms with Gasteiger partial charge in [-0.2, -0.15) is 0 Å². The fraction of sp³-hybridized carbons (Fsp3) is 0.174. The van der Waals surface area contributed by atoms with E-state index in [9.17, 15) is 14.7 Å². The van der Waals surface area contributed by atoms with Crippen molar-refractivity contribution in [2.75, 3.05) is 13.4 Å². The van der Waals surface area contributed by atoms with Crippen molar-refractivity contribution in [3.8, 4) is 11.5 Å². The van der Waals surface area contributed by atoms with Crippen LogP contribution in [-0.2, 0) is 9.53 Å². The number of aryl methyl sites for hydroxylation is 1. The van der Waals surface area contributed by atoms with Crippen LogP contribution in [0.4, 0.5) is 0 Å². The molecule has 2 heterocycles. The molecule has 0 fully saturated rings. The number of benzene rings is 2. The number of amides is 1. The van der Waals surface area contributed by atoms with Crippen LogP contribution in [0.25, 0.3) is 6.08 Å². The number of esters is 1. The lowest BCUT2D eigenvalue weighted by molar-refractivity contribution is -0.138. The third kappa shape index (κ3) is 4.34. The number of aliphatic imine (C=N–C) groups is 1. The number of nitrogens with zero attached hydrogens (tertiary/aromatic N) is 1. The second kappa shape index (κ2) is 8.69. The first-order chi connectivity index (χ1) is 15.0. The summed E-state index contributed by atoms with van der Waals surface area (Å²) in [5.41, 5.74) is 2.00. The number of aliphatic hydroxyl groups is 1. The topological polar surface area (TPSA) is 94.4 Å². The fourth-order valence-corrected chi connectivity index (χ4v) is 4.01. The predicted molar refractivity (Wildman–Crippen MR) is 117 cm³/mol. The summed E-state index contributed by atoms with van der Waals surface area (Å²) in [6.45, 7) is 3.86. The first-order valence-electron chi connectivity index (χ1n) is 9.56. The maximum absolute atomic E-state index is 12.6. The van der Waals surface area contributed by atoms with Crippen LogP contribution in [-0.4, -0.2) is 35.4 Å². The molecule has 1 N–H and O–H groups in total. The van der Waals surface area contributed by atoms with E-state index in [-0.39, 0.29) is 29.8 Å². The molecular weight excluding hydrogens is 418 g/mol. The van der Waals surface area contributed by atoms with Crippen LogP contribution in [0.2, 0.25) is 0 Å². The predicted octanol–water partition coefficient (Wildman–Crippen LogP) is 4.43. The van der Waals surface area contributed by atoms with Gasteiger partial charge in [0.25, 0.3) is 5.91 Å². The molecule has 31 heavy (non-hydrogen) atoms. The highest BCUT2D eigenvalue weighted by molar-refractivity contribution is 8.18. The Hall–Kier alpha value is -3.52. The van der Waals surface area contributed by atoms with Crippen molar-refractivity contribution in [3.05, 3.63) is 75.4 Å². The first kappa shape index (κ1) is 20.7. The van der Waals surface area contributed by atoms with Crippen molar-refractivity contribution in [1.29, 1.82) is 0 Å². The number of hydrogen-bond donors (Lipinski definition) is 1. The van der Waals surface area contributed by atoms with Crippen LogP contribution in [0.1, 0.15) is 28.4 Å². The molecule has 0 spiro atoms. The van der Waals surface area contributed by atoms with E-state index in [1.165, 1.54) is 0 Å². The molecule has 0 atom stereocenters. The van der Waals surface area contributed by atoms with Crippen molar-refractivity contribution in [2.24, 2.45) is 4.99 Å². The summed E-state index contributed by atoms with van der Waals surface area (Å²) in [5, 5.41) is 10.8. The molecule has 2 aliphatic heterocycles. The lowest BCUT2D eigenvalue weighted by Crippen LogP contribution is -2.14. The van der Waals surface area contributed by atoms with E-state index in [4.69, 9.17) is 14.2 Å². The van der Waals surface area contributed by atoms with Crippen molar-refractivity contribution >= 4 is 34.8 Å². The highest BCUT2D eigenvalue weighted by Gasteiger charge is 2.34. The van der Waals surface area contributed by atoms with Gasteiger partial charge >= 0.3 is 5.97 Å². The lowest BCUT2D eigenvalue weighted by atomic mass is 10.1. The van der Waals surface area contributed by atoms with Crippen LogP contribution in [0.3, 0.4) is 0 Å². The van der Waals surface area contributed by atoms with E-state index in [0.717, 1.165) is 22.9 Å². The van der Waals surface area contributed by atoms with Gasteiger partial charge < -0.3 is 19.3 Å². The Morgan fingerprint density at radius 1 is 1.16 bits per heavy atom. The van der Waals surface area contributed by atoms with Crippen LogP contribution in [0.5, 0.6) is 11.5 Å². The molecule has 0 bridgehead atoms. The average Bonchev–Trinajstić information content (AvgIpc) is 3.33. The van der Waals surface area contributed by atoms with Gasteiger partial charge in [0.1, 0.15) is 16.4 Å². The Balaban J connectivity index is 1.69. The zero-order valence-corrected chi connectivity index (χ0v) is 17.7. The molecule has 7 nitrogen and oxygen atoms in total. The highest BCUT2D eigenvalue weighted by atomic mass is 32.2. The van der Waals surface area contributed by atoms with Gasteiger partial charge in [0.05, 0.1) is 11.5 Å². The molecule has 0 saturated heterocycles. The number of fused-ring (bicyclic) bond motifs is 1. The Labute approximate surface area is 183 Å². The summed E-state index contributed by atoms with van der Waals surface area (Å²) < 4.78 is 15.7. The number of aliphatic hydroxyl groups excluding tert-OH is 1. The van der Waals surface area contributed by atoms with Gasteiger partial charge in [-0.15, -0.1) is 0 Å². The molecule has 2 aliphatic rings. The third-order valence-electron chi connectivity index (χ3n) is 4.57. The Morgan fingerprint density at radius 3 is 2.65 bits per heavy atom. The molecule has 0 aromatic heterocycles. The van der Waals surface area contributed by atoms with Gasteiger partial charge in [0, 0.05) is 5.56 Å². The molecule has 2 aromatic carbocycles. The molecule has 8 heteroatoms. The van der Waals surface area contributed by atoms with Crippen molar-refractivity contribution in [2.45, 2.75) is 13.8 Å². The van der Waals surface area contributed by atoms with Gasteiger partial charge in [-0.25, -0.2) is 9.79 Å². The highest BCUT2D eigenvalue weighted by Crippen LogP contribution is 2.40.